The lowest BCUT2D eigenvalue weighted by Gasteiger charge is -2.47. The van der Waals surface area contributed by atoms with Crippen LogP contribution in [-0.2, 0) is 14.3 Å². The molecule has 0 saturated carbocycles. The van der Waals surface area contributed by atoms with Crippen LogP contribution in [-0.4, -0.2) is 64.2 Å². The SMILES string of the molecule is CC1O[C@@]2(NC1=O)[C@H](O)[C@@H](CO)O[C@H](O)[C@@H]2N. The van der Waals surface area contributed by atoms with Crippen molar-refractivity contribution in [3.8, 4) is 0 Å². The van der Waals surface area contributed by atoms with E-state index in [-0.39, 0.29) is 0 Å². The molecule has 2 aliphatic rings. The molecular weight excluding hydrogens is 232 g/mol. The molecule has 0 radical (unpaired) electrons. The van der Waals surface area contributed by atoms with Crippen molar-refractivity contribution in [1.29, 1.82) is 0 Å². The third-order valence-electron chi connectivity index (χ3n) is 3.15. The van der Waals surface area contributed by atoms with E-state index in [2.05, 4.69) is 5.32 Å². The van der Waals surface area contributed by atoms with E-state index in [1.807, 2.05) is 0 Å². The monoisotopic (exact) mass is 248 g/mol. The van der Waals surface area contributed by atoms with Gasteiger partial charge in [-0.15, -0.1) is 0 Å². The van der Waals surface area contributed by atoms with Gasteiger partial charge < -0.3 is 35.8 Å². The fourth-order valence-electron chi connectivity index (χ4n) is 2.14. The van der Waals surface area contributed by atoms with Crippen molar-refractivity contribution in [2.45, 2.75) is 43.3 Å². The van der Waals surface area contributed by atoms with Crippen molar-refractivity contribution in [2.75, 3.05) is 6.61 Å². The third kappa shape index (κ3) is 1.73. The Labute approximate surface area is 97.3 Å². The first-order chi connectivity index (χ1) is 7.92. The Morgan fingerprint density at radius 3 is 2.65 bits per heavy atom. The summed E-state index contributed by atoms with van der Waals surface area (Å²) in [7, 11) is 0. The third-order valence-corrected chi connectivity index (χ3v) is 3.15. The molecule has 2 fully saturated rings. The number of ether oxygens (including phenoxy) is 2. The van der Waals surface area contributed by atoms with E-state index >= 15 is 0 Å². The van der Waals surface area contributed by atoms with E-state index in [1.54, 1.807) is 0 Å². The number of hydrogen-bond acceptors (Lipinski definition) is 7. The van der Waals surface area contributed by atoms with E-state index in [4.69, 9.17) is 20.3 Å². The highest BCUT2D eigenvalue weighted by molar-refractivity contribution is 5.83. The number of carbonyl (C=O) groups excluding carboxylic acids is 1. The summed E-state index contributed by atoms with van der Waals surface area (Å²) in [5, 5.41) is 31.1. The molecule has 0 aliphatic carbocycles. The fraction of sp³-hybridized carbons (Fsp3) is 0.889. The number of amides is 1. The molecule has 0 bridgehead atoms. The van der Waals surface area contributed by atoms with Crippen molar-refractivity contribution < 1.29 is 29.6 Å². The maximum atomic E-state index is 11.5. The lowest BCUT2D eigenvalue weighted by molar-refractivity contribution is -0.293. The summed E-state index contributed by atoms with van der Waals surface area (Å²) in [6.07, 6.45) is -4.67. The first-order valence-corrected chi connectivity index (χ1v) is 5.30. The molecule has 2 heterocycles. The average molecular weight is 248 g/mol. The number of carbonyl (C=O) groups is 1. The number of rotatable bonds is 1. The van der Waals surface area contributed by atoms with E-state index < -0.39 is 48.9 Å². The zero-order valence-corrected chi connectivity index (χ0v) is 9.24. The van der Waals surface area contributed by atoms with E-state index in [0.29, 0.717) is 0 Å². The first-order valence-electron chi connectivity index (χ1n) is 5.30. The van der Waals surface area contributed by atoms with Crippen LogP contribution in [0, 0.1) is 0 Å². The second-order valence-corrected chi connectivity index (χ2v) is 4.26. The maximum Gasteiger partial charge on any atom is 0.251 e. The van der Waals surface area contributed by atoms with Gasteiger partial charge in [-0.1, -0.05) is 0 Å². The van der Waals surface area contributed by atoms with E-state index in [9.17, 15) is 15.0 Å². The van der Waals surface area contributed by atoms with Crippen LogP contribution in [0.1, 0.15) is 6.92 Å². The number of nitrogens with one attached hydrogen (secondary N) is 1. The van der Waals surface area contributed by atoms with Gasteiger partial charge in [-0.25, -0.2) is 0 Å². The molecule has 0 aromatic rings. The van der Waals surface area contributed by atoms with Crippen molar-refractivity contribution in [3.63, 3.8) is 0 Å². The van der Waals surface area contributed by atoms with Crippen LogP contribution < -0.4 is 11.1 Å². The van der Waals surface area contributed by atoms with Gasteiger partial charge in [0.1, 0.15) is 24.4 Å². The van der Waals surface area contributed by atoms with E-state index in [0.717, 1.165) is 0 Å². The first kappa shape index (κ1) is 12.7. The topological polar surface area (TPSA) is 134 Å². The van der Waals surface area contributed by atoms with Gasteiger partial charge in [0.25, 0.3) is 5.91 Å². The number of hydrogen-bond donors (Lipinski definition) is 5. The van der Waals surface area contributed by atoms with Crippen molar-refractivity contribution in [3.05, 3.63) is 0 Å². The van der Waals surface area contributed by atoms with Crippen molar-refractivity contribution in [1.82, 2.24) is 5.32 Å². The van der Waals surface area contributed by atoms with Crippen molar-refractivity contribution >= 4 is 5.91 Å². The smallest absolute Gasteiger partial charge is 0.251 e. The second kappa shape index (κ2) is 4.16. The molecule has 6 atom stereocenters. The molecule has 6 N–H and O–H groups in total. The molecule has 2 rings (SSSR count). The Morgan fingerprint density at radius 1 is 1.53 bits per heavy atom. The quantitative estimate of drug-likeness (QED) is 0.327. The van der Waals surface area contributed by atoms with Gasteiger partial charge >= 0.3 is 0 Å². The standard InChI is InChI=1S/C9H16N2O6/c1-3-7(14)11-9(17-3)5(10)8(15)16-4(2-12)6(9)13/h3-6,8,12-13,15H,2,10H2,1H3,(H,11,14)/t3?,4-,5+,6-,8+,9-/m1/s1. The Kier molecular flexibility index (Phi) is 3.10. The molecule has 1 unspecified atom stereocenters. The zero-order chi connectivity index (χ0) is 12.8. The van der Waals surface area contributed by atoms with Crippen LogP contribution in [0.2, 0.25) is 0 Å². The summed E-state index contributed by atoms with van der Waals surface area (Å²) in [6.45, 7) is 0.972. The van der Waals surface area contributed by atoms with Gasteiger partial charge in [-0.2, -0.15) is 0 Å². The lowest BCUT2D eigenvalue weighted by atomic mass is 9.90. The lowest BCUT2D eigenvalue weighted by Crippen LogP contribution is -2.74. The van der Waals surface area contributed by atoms with Gasteiger partial charge in [-0.05, 0) is 6.92 Å². The second-order valence-electron chi connectivity index (χ2n) is 4.26. The Morgan fingerprint density at radius 2 is 2.18 bits per heavy atom. The normalized spacial score (nSPS) is 50.6. The Bertz CT molecular complexity index is 327. The van der Waals surface area contributed by atoms with Gasteiger partial charge in [0.2, 0.25) is 0 Å². The average Bonchev–Trinajstić information content (AvgIpc) is 2.59. The molecule has 0 aromatic carbocycles. The highest BCUT2D eigenvalue weighted by Gasteiger charge is 2.60. The van der Waals surface area contributed by atoms with Gasteiger partial charge in [-0.3, -0.25) is 4.79 Å². The highest BCUT2D eigenvalue weighted by Crippen LogP contribution is 2.33. The van der Waals surface area contributed by atoms with Crippen LogP contribution >= 0.6 is 0 Å². The van der Waals surface area contributed by atoms with Crippen LogP contribution in [0.5, 0.6) is 0 Å². The predicted octanol–water partition coefficient (Wildman–Crippen LogP) is -3.38. The summed E-state index contributed by atoms with van der Waals surface area (Å²) in [4.78, 5) is 11.5. The van der Waals surface area contributed by atoms with Crippen molar-refractivity contribution in [2.24, 2.45) is 5.73 Å². The predicted molar refractivity (Wildman–Crippen MR) is 53.4 cm³/mol. The minimum absolute atomic E-state index is 0.440. The Hall–Kier alpha value is -0.770. The molecule has 8 heteroatoms. The summed E-state index contributed by atoms with van der Waals surface area (Å²) >= 11 is 0. The highest BCUT2D eigenvalue weighted by atomic mass is 16.6. The molecule has 0 aromatic heterocycles. The fourth-order valence-corrected chi connectivity index (χ4v) is 2.14. The van der Waals surface area contributed by atoms with Crippen LogP contribution in [0.3, 0.4) is 0 Å². The summed E-state index contributed by atoms with van der Waals surface area (Å²) in [5.74, 6) is -0.440. The zero-order valence-electron chi connectivity index (χ0n) is 9.24. The summed E-state index contributed by atoms with van der Waals surface area (Å²) < 4.78 is 10.3. The Balaban J connectivity index is 2.32. The van der Waals surface area contributed by atoms with Gasteiger partial charge in [0.15, 0.2) is 12.0 Å². The number of nitrogens with two attached hydrogens (primary N) is 1. The summed E-state index contributed by atoms with van der Waals surface area (Å²) in [6, 6.07) is -1.14. The molecular formula is C9H16N2O6. The van der Waals surface area contributed by atoms with Gasteiger partial charge in [0.05, 0.1) is 6.61 Å². The van der Waals surface area contributed by atoms with Crippen LogP contribution in [0.25, 0.3) is 0 Å². The molecule has 1 amide bonds. The molecule has 1 spiro atoms. The summed E-state index contributed by atoms with van der Waals surface area (Å²) in [5.41, 5.74) is 4.07. The van der Waals surface area contributed by atoms with Crippen LogP contribution in [0.15, 0.2) is 0 Å². The molecule has 2 aliphatic heterocycles. The van der Waals surface area contributed by atoms with Gasteiger partial charge in [0, 0.05) is 0 Å². The van der Waals surface area contributed by atoms with Crippen LogP contribution in [0.4, 0.5) is 0 Å². The van der Waals surface area contributed by atoms with E-state index in [1.165, 1.54) is 6.92 Å². The molecule has 98 valence electrons. The maximum absolute atomic E-state index is 11.5. The molecule has 8 nitrogen and oxygen atoms in total. The number of aliphatic hydroxyl groups excluding tert-OH is 3. The number of aliphatic hydroxyl groups is 3. The minimum atomic E-state index is -1.62. The largest absolute Gasteiger partial charge is 0.394 e. The molecule has 2 saturated heterocycles. The molecule has 17 heavy (non-hydrogen) atoms. The minimum Gasteiger partial charge on any atom is -0.394 e.